The fraction of sp³-hybridized carbons (Fsp3) is 1.00. The van der Waals surface area contributed by atoms with Gasteiger partial charge in [0, 0.05) is 12.8 Å². The largest absolute Gasteiger partial charge is 0.426 e. The van der Waals surface area contributed by atoms with E-state index < -0.39 is 55.9 Å². The molecule has 0 fully saturated rings. The monoisotopic (exact) mass is 356 g/mol. The van der Waals surface area contributed by atoms with Crippen LogP contribution in [0, 0.1) is 0 Å². The van der Waals surface area contributed by atoms with Crippen molar-refractivity contribution in [2.45, 2.75) is 56.2 Å². The lowest BCUT2D eigenvalue weighted by Gasteiger charge is -2.36. The summed E-state index contributed by atoms with van der Waals surface area (Å²) < 4.78 is 142. The van der Waals surface area contributed by atoms with Crippen molar-refractivity contribution in [3.05, 3.63) is 0 Å². The molecule has 1 nitrogen and oxygen atoms in total. The summed E-state index contributed by atoms with van der Waals surface area (Å²) >= 11 is 0. The average Bonchev–Trinajstić information content (AvgIpc) is 2.25. The molecule has 22 heavy (non-hydrogen) atoms. The molecule has 0 rings (SSSR count). The van der Waals surface area contributed by atoms with E-state index in [1.807, 2.05) is 0 Å². The lowest BCUT2D eigenvalue weighted by molar-refractivity contribution is -0.427. The zero-order valence-electron chi connectivity index (χ0n) is 10.9. The molecule has 0 bridgehead atoms. The molecule has 0 aromatic heterocycles. The summed E-state index contributed by atoms with van der Waals surface area (Å²) in [6.45, 7) is -0.456. The first-order valence-electron chi connectivity index (χ1n) is 5.74. The van der Waals surface area contributed by atoms with Crippen LogP contribution in [-0.2, 0) is 4.74 Å². The van der Waals surface area contributed by atoms with Crippen LogP contribution in [0.25, 0.3) is 0 Å². The summed E-state index contributed by atoms with van der Waals surface area (Å²) in [6, 6.07) is 0. The summed E-state index contributed by atoms with van der Waals surface area (Å²) in [7, 11) is 0. The Labute approximate surface area is 117 Å². The molecule has 0 unspecified atom stereocenters. The average molecular weight is 356 g/mol. The molecule has 0 aliphatic carbocycles. The van der Waals surface area contributed by atoms with E-state index in [1.54, 1.807) is 0 Å². The SMILES string of the molecule is CCOC(F)(F)C(F)(F)C(F)(F)C(F)(F)CCCC(F)(F)F. The molecule has 0 amide bonds. The van der Waals surface area contributed by atoms with Gasteiger partial charge >= 0.3 is 30.1 Å². The molecule has 0 atom stereocenters. The smallest absolute Gasteiger partial charge is 0.316 e. The van der Waals surface area contributed by atoms with Gasteiger partial charge in [0.25, 0.3) is 0 Å². The zero-order chi connectivity index (χ0) is 18.0. The van der Waals surface area contributed by atoms with Crippen LogP contribution in [0.4, 0.5) is 48.3 Å². The molecular weight excluding hydrogens is 345 g/mol. The van der Waals surface area contributed by atoms with E-state index in [4.69, 9.17) is 0 Å². The van der Waals surface area contributed by atoms with Crippen LogP contribution in [0.3, 0.4) is 0 Å². The first-order chi connectivity index (χ1) is 9.52. The van der Waals surface area contributed by atoms with Gasteiger partial charge in [-0.2, -0.15) is 48.3 Å². The van der Waals surface area contributed by atoms with Crippen molar-refractivity contribution in [3.63, 3.8) is 0 Å². The second-order valence-corrected chi connectivity index (χ2v) is 4.27. The first-order valence-corrected chi connectivity index (χ1v) is 5.74. The minimum Gasteiger partial charge on any atom is -0.316 e. The molecular formula is C10H11F11O. The second-order valence-electron chi connectivity index (χ2n) is 4.27. The minimum absolute atomic E-state index is 0.726. The van der Waals surface area contributed by atoms with Crippen molar-refractivity contribution in [2.24, 2.45) is 0 Å². The molecule has 0 N–H and O–H groups in total. The van der Waals surface area contributed by atoms with Crippen LogP contribution < -0.4 is 0 Å². The van der Waals surface area contributed by atoms with Crippen LogP contribution in [0.5, 0.6) is 0 Å². The van der Waals surface area contributed by atoms with E-state index in [0.29, 0.717) is 0 Å². The highest BCUT2D eigenvalue weighted by atomic mass is 19.4. The van der Waals surface area contributed by atoms with Gasteiger partial charge in [0.05, 0.1) is 6.61 Å². The maximum atomic E-state index is 13.1. The molecule has 0 aliphatic heterocycles. The molecule has 12 heteroatoms. The van der Waals surface area contributed by atoms with E-state index in [-0.39, 0.29) is 0 Å². The lowest BCUT2D eigenvalue weighted by Crippen LogP contribution is -2.62. The van der Waals surface area contributed by atoms with E-state index in [1.165, 1.54) is 0 Å². The highest BCUT2D eigenvalue weighted by Crippen LogP contribution is 2.54. The summed E-state index contributed by atoms with van der Waals surface area (Å²) in [5.74, 6) is -19.0. The molecule has 134 valence electrons. The van der Waals surface area contributed by atoms with E-state index in [0.717, 1.165) is 6.92 Å². The Kier molecular flexibility index (Phi) is 6.13. The van der Waals surface area contributed by atoms with Crippen molar-refractivity contribution >= 4 is 0 Å². The zero-order valence-corrected chi connectivity index (χ0v) is 10.9. The lowest BCUT2D eigenvalue weighted by atomic mass is 9.98. The molecule has 0 saturated carbocycles. The fourth-order valence-corrected chi connectivity index (χ4v) is 1.35. The van der Waals surface area contributed by atoms with Gasteiger partial charge < -0.3 is 4.74 Å². The molecule has 0 radical (unpaired) electrons. The summed E-state index contributed by atoms with van der Waals surface area (Å²) in [5.41, 5.74) is 0. The Balaban J connectivity index is 5.24. The van der Waals surface area contributed by atoms with Gasteiger partial charge in [0.1, 0.15) is 0 Å². The predicted octanol–water partition coefficient (Wildman–Crippen LogP) is 5.25. The molecule has 0 spiro atoms. The van der Waals surface area contributed by atoms with Gasteiger partial charge in [-0.1, -0.05) is 0 Å². The first kappa shape index (κ1) is 21.2. The fourth-order valence-electron chi connectivity index (χ4n) is 1.35. The highest BCUT2D eigenvalue weighted by molar-refractivity contribution is 5.00. The molecule has 0 saturated heterocycles. The Morgan fingerprint density at radius 3 is 1.50 bits per heavy atom. The van der Waals surface area contributed by atoms with Crippen LogP contribution in [0.2, 0.25) is 0 Å². The number of hydrogen-bond acceptors (Lipinski definition) is 1. The van der Waals surface area contributed by atoms with Crippen LogP contribution >= 0.6 is 0 Å². The predicted molar refractivity (Wildman–Crippen MR) is 51.3 cm³/mol. The third kappa shape index (κ3) is 4.35. The maximum absolute atomic E-state index is 13.1. The Hall–Kier alpha value is -0.810. The van der Waals surface area contributed by atoms with Crippen LogP contribution in [-0.4, -0.2) is 36.7 Å². The normalized spacial score (nSPS) is 15.3. The van der Waals surface area contributed by atoms with Crippen LogP contribution in [0.15, 0.2) is 0 Å². The summed E-state index contributed by atoms with van der Waals surface area (Å²) in [5, 5.41) is 0. The Morgan fingerprint density at radius 1 is 0.682 bits per heavy atom. The van der Waals surface area contributed by atoms with Gasteiger partial charge in [0.15, 0.2) is 0 Å². The standard InChI is InChI=1S/C10H11F11O/c1-2-22-10(20,21)9(18,19)8(16,17)6(11,12)4-3-5-7(13,14)15/h2-5H2,1H3. The Morgan fingerprint density at radius 2 is 1.14 bits per heavy atom. The summed E-state index contributed by atoms with van der Waals surface area (Å²) in [4.78, 5) is 0. The van der Waals surface area contributed by atoms with Crippen molar-refractivity contribution in [1.82, 2.24) is 0 Å². The second kappa shape index (κ2) is 6.36. The van der Waals surface area contributed by atoms with Crippen molar-refractivity contribution in [1.29, 1.82) is 0 Å². The number of alkyl halides is 11. The highest BCUT2D eigenvalue weighted by Gasteiger charge is 2.81. The van der Waals surface area contributed by atoms with E-state index in [2.05, 4.69) is 4.74 Å². The number of rotatable bonds is 8. The molecule has 0 aliphatic rings. The number of hydrogen-bond donors (Lipinski definition) is 0. The molecule has 0 aromatic carbocycles. The summed E-state index contributed by atoms with van der Waals surface area (Å²) in [6.07, 6.45) is -16.8. The molecule has 0 aromatic rings. The van der Waals surface area contributed by atoms with Gasteiger partial charge in [-0.05, 0) is 13.3 Å². The van der Waals surface area contributed by atoms with Gasteiger partial charge in [-0.15, -0.1) is 0 Å². The maximum Gasteiger partial charge on any atom is 0.426 e. The molecule has 0 heterocycles. The quantitative estimate of drug-likeness (QED) is 0.540. The number of halogens is 11. The van der Waals surface area contributed by atoms with Gasteiger partial charge in [-0.3, -0.25) is 0 Å². The Bertz CT molecular complexity index is 360. The minimum atomic E-state index is -6.61. The third-order valence-electron chi connectivity index (χ3n) is 2.50. The van der Waals surface area contributed by atoms with E-state index in [9.17, 15) is 48.3 Å². The topological polar surface area (TPSA) is 9.23 Å². The van der Waals surface area contributed by atoms with E-state index >= 15 is 0 Å². The third-order valence-corrected chi connectivity index (χ3v) is 2.50. The van der Waals surface area contributed by atoms with Gasteiger partial charge in [0.2, 0.25) is 0 Å². The van der Waals surface area contributed by atoms with Gasteiger partial charge in [-0.25, -0.2) is 0 Å². The van der Waals surface area contributed by atoms with Crippen LogP contribution in [0.1, 0.15) is 26.2 Å². The number of ether oxygens (including phenoxy) is 1. The van der Waals surface area contributed by atoms with Crippen molar-refractivity contribution < 1.29 is 53.0 Å². The van der Waals surface area contributed by atoms with Crippen molar-refractivity contribution in [3.8, 4) is 0 Å². The van der Waals surface area contributed by atoms with Crippen molar-refractivity contribution in [2.75, 3.05) is 6.61 Å².